The van der Waals surface area contributed by atoms with Crippen molar-refractivity contribution in [2.24, 2.45) is 5.73 Å². The van der Waals surface area contributed by atoms with Gasteiger partial charge in [-0.3, -0.25) is 9.78 Å². The molecule has 1 heterocycles. The molecule has 0 unspecified atom stereocenters. The summed E-state index contributed by atoms with van der Waals surface area (Å²) in [6, 6.07) is 1.74. The summed E-state index contributed by atoms with van der Waals surface area (Å²) in [5.41, 5.74) is 3.46. The number of hydrogen-bond acceptors (Lipinski definition) is 2. The molecule has 0 radical (unpaired) electrons. The summed E-state index contributed by atoms with van der Waals surface area (Å²) in [6.07, 6.45) is -3.66. The highest BCUT2D eigenvalue weighted by Crippen LogP contribution is 2.27. The Labute approximate surface area is 71.4 Å². The second-order valence-electron chi connectivity index (χ2n) is 2.29. The van der Waals surface area contributed by atoms with Crippen LogP contribution in [0.3, 0.4) is 0 Å². The topological polar surface area (TPSA) is 56.0 Å². The maximum Gasteiger partial charge on any atom is 0.433 e. The first-order chi connectivity index (χ1) is 5.91. The second-order valence-corrected chi connectivity index (χ2v) is 2.29. The first-order valence-corrected chi connectivity index (χ1v) is 3.24. The van der Waals surface area contributed by atoms with Crippen LogP contribution in [0.5, 0.6) is 0 Å². The number of pyridine rings is 1. The highest BCUT2D eigenvalue weighted by molar-refractivity contribution is 5.92. The van der Waals surface area contributed by atoms with E-state index in [9.17, 15) is 18.0 Å². The molecule has 6 heteroatoms. The van der Waals surface area contributed by atoms with Crippen molar-refractivity contribution < 1.29 is 18.0 Å². The van der Waals surface area contributed by atoms with E-state index in [0.717, 1.165) is 12.3 Å². The molecular weight excluding hydrogens is 185 g/mol. The average Bonchev–Trinajstić information content (AvgIpc) is 2.03. The van der Waals surface area contributed by atoms with E-state index in [2.05, 4.69) is 4.98 Å². The van der Waals surface area contributed by atoms with Crippen molar-refractivity contribution in [2.45, 2.75) is 6.18 Å². The van der Waals surface area contributed by atoms with Crippen molar-refractivity contribution in [2.75, 3.05) is 0 Å². The minimum Gasteiger partial charge on any atom is -0.366 e. The molecule has 0 aromatic carbocycles. The van der Waals surface area contributed by atoms with E-state index < -0.39 is 17.8 Å². The average molecular weight is 190 g/mol. The highest BCUT2D eigenvalue weighted by Gasteiger charge is 2.32. The summed E-state index contributed by atoms with van der Waals surface area (Å²) < 4.78 is 36.1. The standard InChI is InChI=1S/C7H5F3N2O/c8-7(9,10)5-3-4(6(11)13)1-2-12-5/h1-3H,(H2,11,13). The van der Waals surface area contributed by atoms with Crippen LogP contribution in [-0.2, 0) is 6.18 Å². The third-order valence-electron chi connectivity index (χ3n) is 1.33. The number of aromatic nitrogens is 1. The minimum atomic E-state index is -4.55. The lowest BCUT2D eigenvalue weighted by atomic mass is 10.2. The molecule has 1 aromatic rings. The molecule has 0 atom stereocenters. The lowest BCUT2D eigenvalue weighted by Crippen LogP contribution is -2.14. The fourth-order valence-electron chi connectivity index (χ4n) is 0.739. The molecule has 0 aliphatic heterocycles. The summed E-state index contributed by atoms with van der Waals surface area (Å²) in [5, 5.41) is 0. The Balaban J connectivity index is 3.13. The zero-order valence-electron chi connectivity index (χ0n) is 6.30. The second kappa shape index (κ2) is 3.04. The molecule has 2 N–H and O–H groups in total. The van der Waals surface area contributed by atoms with Crippen LogP contribution in [0.2, 0.25) is 0 Å². The third kappa shape index (κ3) is 2.17. The predicted octanol–water partition coefficient (Wildman–Crippen LogP) is 1.20. The summed E-state index contributed by atoms with van der Waals surface area (Å²) in [5.74, 6) is -0.909. The molecule has 0 spiro atoms. The largest absolute Gasteiger partial charge is 0.433 e. The molecule has 0 aliphatic carbocycles. The molecule has 1 aromatic heterocycles. The van der Waals surface area contributed by atoms with Crippen molar-refractivity contribution >= 4 is 5.91 Å². The molecule has 13 heavy (non-hydrogen) atoms. The Bertz CT molecular complexity index is 335. The number of nitrogens with two attached hydrogens (primary N) is 1. The van der Waals surface area contributed by atoms with Gasteiger partial charge in [-0.05, 0) is 12.1 Å². The van der Waals surface area contributed by atoms with Gasteiger partial charge in [0.15, 0.2) is 0 Å². The number of halogens is 3. The monoisotopic (exact) mass is 190 g/mol. The lowest BCUT2D eigenvalue weighted by molar-refractivity contribution is -0.141. The van der Waals surface area contributed by atoms with Crippen LogP contribution in [0, 0.1) is 0 Å². The Kier molecular flexibility index (Phi) is 2.22. The van der Waals surface area contributed by atoms with E-state index in [0.29, 0.717) is 6.07 Å². The van der Waals surface area contributed by atoms with Gasteiger partial charge >= 0.3 is 6.18 Å². The van der Waals surface area contributed by atoms with Gasteiger partial charge in [0.25, 0.3) is 0 Å². The van der Waals surface area contributed by atoms with E-state index in [1.54, 1.807) is 0 Å². The van der Waals surface area contributed by atoms with Crippen LogP contribution in [0.25, 0.3) is 0 Å². The normalized spacial score (nSPS) is 11.3. The Morgan fingerprint density at radius 2 is 2.08 bits per heavy atom. The molecule has 1 rings (SSSR count). The van der Waals surface area contributed by atoms with Crippen molar-refractivity contribution in [1.82, 2.24) is 4.98 Å². The molecular formula is C7H5F3N2O. The Morgan fingerprint density at radius 1 is 1.46 bits per heavy atom. The van der Waals surface area contributed by atoms with Crippen LogP contribution in [-0.4, -0.2) is 10.9 Å². The quantitative estimate of drug-likeness (QED) is 0.723. The molecule has 0 saturated heterocycles. The Hall–Kier alpha value is -1.59. The van der Waals surface area contributed by atoms with Crippen molar-refractivity contribution in [3.8, 4) is 0 Å². The fraction of sp³-hybridized carbons (Fsp3) is 0.143. The van der Waals surface area contributed by atoms with E-state index in [1.807, 2.05) is 0 Å². The van der Waals surface area contributed by atoms with Gasteiger partial charge in [-0.1, -0.05) is 0 Å². The van der Waals surface area contributed by atoms with Gasteiger partial charge in [0.2, 0.25) is 5.91 Å². The minimum absolute atomic E-state index is 0.206. The summed E-state index contributed by atoms with van der Waals surface area (Å²) in [7, 11) is 0. The number of primary amides is 1. The van der Waals surface area contributed by atoms with Gasteiger partial charge < -0.3 is 5.73 Å². The molecule has 70 valence electrons. The van der Waals surface area contributed by atoms with Gasteiger partial charge in [-0.15, -0.1) is 0 Å². The van der Waals surface area contributed by atoms with E-state index in [4.69, 9.17) is 5.73 Å². The number of alkyl halides is 3. The number of amides is 1. The van der Waals surface area contributed by atoms with Crippen LogP contribution >= 0.6 is 0 Å². The molecule has 0 aliphatic rings. The first-order valence-electron chi connectivity index (χ1n) is 3.24. The van der Waals surface area contributed by atoms with E-state index in [-0.39, 0.29) is 5.56 Å². The summed E-state index contributed by atoms with van der Waals surface area (Å²) >= 11 is 0. The predicted molar refractivity (Wildman–Crippen MR) is 37.8 cm³/mol. The van der Waals surface area contributed by atoms with Gasteiger partial charge in [-0.2, -0.15) is 13.2 Å². The molecule has 0 fully saturated rings. The Morgan fingerprint density at radius 3 is 2.54 bits per heavy atom. The fourth-order valence-corrected chi connectivity index (χ4v) is 0.739. The van der Waals surface area contributed by atoms with Gasteiger partial charge in [0.1, 0.15) is 5.69 Å². The number of carbonyl (C=O) groups excluding carboxylic acids is 1. The number of nitrogens with zero attached hydrogens (tertiary/aromatic N) is 1. The maximum atomic E-state index is 12.0. The van der Waals surface area contributed by atoms with Crippen molar-refractivity contribution in [1.29, 1.82) is 0 Å². The van der Waals surface area contributed by atoms with Crippen LogP contribution in [0.1, 0.15) is 16.1 Å². The number of carbonyl (C=O) groups is 1. The third-order valence-corrected chi connectivity index (χ3v) is 1.33. The first kappa shape index (κ1) is 9.50. The van der Waals surface area contributed by atoms with Gasteiger partial charge in [-0.25, -0.2) is 0 Å². The molecule has 0 bridgehead atoms. The van der Waals surface area contributed by atoms with Gasteiger partial charge in [0, 0.05) is 11.8 Å². The van der Waals surface area contributed by atoms with Gasteiger partial charge in [0.05, 0.1) is 0 Å². The summed E-state index contributed by atoms with van der Waals surface area (Å²) in [4.78, 5) is 13.6. The zero-order valence-corrected chi connectivity index (χ0v) is 6.30. The molecule has 0 saturated carbocycles. The van der Waals surface area contributed by atoms with Crippen molar-refractivity contribution in [3.63, 3.8) is 0 Å². The summed E-state index contributed by atoms with van der Waals surface area (Å²) in [6.45, 7) is 0. The zero-order chi connectivity index (χ0) is 10.1. The smallest absolute Gasteiger partial charge is 0.366 e. The molecule has 3 nitrogen and oxygen atoms in total. The molecule has 1 amide bonds. The van der Waals surface area contributed by atoms with Crippen molar-refractivity contribution in [3.05, 3.63) is 29.6 Å². The number of hydrogen-bond donors (Lipinski definition) is 1. The lowest BCUT2D eigenvalue weighted by Gasteiger charge is -2.05. The highest BCUT2D eigenvalue weighted by atomic mass is 19.4. The SMILES string of the molecule is NC(=O)c1ccnc(C(F)(F)F)c1. The number of rotatable bonds is 1. The van der Waals surface area contributed by atoms with Crippen LogP contribution in [0.15, 0.2) is 18.3 Å². The van der Waals surface area contributed by atoms with E-state index in [1.165, 1.54) is 0 Å². The van der Waals surface area contributed by atoms with Crippen LogP contribution < -0.4 is 5.73 Å². The van der Waals surface area contributed by atoms with Crippen LogP contribution in [0.4, 0.5) is 13.2 Å². The van der Waals surface area contributed by atoms with E-state index >= 15 is 0 Å². The maximum absolute atomic E-state index is 12.0.